The molecule has 34 heavy (non-hydrogen) atoms. The number of hydrogen-bond acceptors (Lipinski definition) is 8. The van der Waals surface area contributed by atoms with Crippen LogP contribution in [-0.2, 0) is 24.9 Å². The van der Waals surface area contributed by atoms with E-state index in [2.05, 4.69) is 9.59 Å². The molecule has 0 N–H and O–H groups in total. The number of fused-ring (bicyclic) bond motifs is 1. The summed E-state index contributed by atoms with van der Waals surface area (Å²) in [5, 5.41) is 6.20. The molecule has 5 rings (SSSR count). The van der Waals surface area contributed by atoms with Crippen LogP contribution in [0.5, 0.6) is 0 Å². The van der Waals surface area contributed by atoms with Gasteiger partial charge in [-0.25, -0.2) is 9.59 Å². The lowest BCUT2D eigenvalue weighted by Crippen LogP contribution is -2.38. The molecule has 0 saturated carbocycles. The normalized spacial score (nSPS) is 11.1. The number of ether oxygens (including phenoxy) is 1. The maximum Gasteiger partial charge on any atom is 0.348 e. The van der Waals surface area contributed by atoms with Gasteiger partial charge in [-0.05, 0) is 28.7 Å². The van der Waals surface area contributed by atoms with Crippen LogP contribution in [0, 0.1) is 0 Å². The zero-order valence-electron chi connectivity index (χ0n) is 18.0. The van der Waals surface area contributed by atoms with Gasteiger partial charge in [0.25, 0.3) is 5.56 Å². The highest BCUT2D eigenvalue weighted by Gasteiger charge is 2.19. The molecule has 0 aliphatic carbocycles. The Morgan fingerprint density at radius 2 is 1.79 bits per heavy atom. The summed E-state index contributed by atoms with van der Waals surface area (Å²) < 4.78 is 11.8. The molecule has 10 heteroatoms. The third-order valence-corrected chi connectivity index (χ3v) is 7.07. The fourth-order valence-electron chi connectivity index (χ4n) is 3.57. The van der Waals surface area contributed by atoms with Crippen molar-refractivity contribution in [2.24, 2.45) is 7.05 Å². The Balaban J connectivity index is 1.43. The summed E-state index contributed by atoms with van der Waals surface area (Å²) in [6, 6.07) is 18.3. The van der Waals surface area contributed by atoms with Crippen molar-refractivity contribution in [1.82, 2.24) is 18.7 Å². The molecule has 0 fully saturated rings. The highest BCUT2D eigenvalue weighted by Crippen LogP contribution is 2.23. The molecule has 0 aliphatic heterocycles. The smallest absolute Gasteiger partial charge is 0.348 e. The molecule has 3 heterocycles. The second-order valence-corrected chi connectivity index (χ2v) is 9.25. The standard InChI is InChI=1S/C24H18N4O4S2/c1-27-22-18(11-20(34-22)23(30)32-13-16-5-3-2-4-6-16)21(29)28(24(27)31)12-15-7-9-17(10-8-15)19-14-33-26-25-19/h2-11,14H,12-13H2,1H3. The maximum atomic E-state index is 13.2. The fourth-order valence-corrected chi connectivity index (χ4v) is 5.04. The monoisotopic (exact) mass is 490 g/mol. The predicted octanol–water partition coefficient (Wildman–Crippen LogP) is 3.69. The van der Waals surface area contributed by atoms with Crippen LogP contribution in [0.15, 0.2) is 75.6 Å². The summed E-state index contributed by atoms with van der Waals surface area (Å²) in [6.45, 7) is 0.241. The van der Waals surface area contributed by atoms with Crippen LogP contribution in [0.25, 0.3) is 21.5 Å². The second kappa shape index (κ2) is 9.16. The Labute approximate surface area is 201 Å². The number of carbonyl (C=O) groups excluding carboxylic acids is 1. The lowest BCUT2D eigenvalue weighted by atomic mass is 10.1. The molecule has 2 aromatic carbocycles. The molecule has 170 valence electrons. The molecule has 3 aromatic heterocycles. The number of thiophene rings is 1. The molecule has 0 saturated heterocycles. The zero-order valence-corrected chi connectivity index (χ0v) is 19.6. The van der Waals surface area contributed by atoms with E-state index in [1.807, 2.05) is 60.0 Å². The first-order valence-corrected chi connectivity index (χ1v) is 12.0. The van der Waals surface area contributed by atoms with Crippen LogP contribution in [0.1, 0.15) is 20.8 Å². The van der Waals surface area contributed by atoms with Crippen molar-refractivity contribution >= 4 is 39.1 Å². The summed E-state index contributed by atoms with van der Waals surface area (Å²) in [4.78, 5) is 39.4. The third kappa shape index (κ3) is 4.20. The molecule has 5 aromatic rings. The van der Waals surface area contributed by atoms with Gasteiger partial charge < -0.3 is 4.74 Å². The van der Waals surface area contributed by atoms with Gasteiger partial charge in [-0.2, -0.15) is 0 Å². The van der Waals surface area contributed by atoms with Crippen LogP contribution >= 0.6 is 22.9 Å². The minimum absolute atomic E-state index is 0.112. The van der Waals surface area contributed by atoms with Crippen LogP contribution < -0.4 is 11.2 Å². The van der Waals surface area contributed by atoms with Gasteiger partial charge in [-0.15, -0.1) is 16.4 Å². The van der Waals surface area contributed by atoms with Gasteiger partial charge in [0, 0.05) is 18.0 Å². The first-order chi connectivity index (χ1) is 16.5. The van der Waals surface area contributed by atoms with E-state index in [-0.39, 0.29) is 18.0 Å². The lowest BCUT2D eigenvalue weighted by molar-refractivity contribution is 0.0478. The van der Waals surface area contributed by atoms with Crippen molar-refractivity contribution in [1.29, 1.82) is 0 Å². The highest BCUT2D eigenvalue weighted by molar-refractivity contribution is 7.20. The number of carbonyl (C=O) groups is 1. The average molecular weight is 491 g/mol. The molecule has 0 unspecified atom stereocenters. The van der Waals surface area contributed by atoms with E-state index in [4.69, 9.17) is 4.74 Å². The molecule has 0 bridgehead atoms. The van der Waals surface area contributed by atoms with Gasteiger partial charge in [-0.1, -0.05) is 59.1 Å². The fraction of sp³-hybridized carbons (Fsp3) is 0.125. The third-order valence-electron chi connectivity index (χ3n) is 5.37. The van der Waals surface area contributed by atoms with Crippen molar-refractivity contribution in [3.05, 3.63) is 103 Å². The molecule has 8 nitrogen and oxygen atoms in total. The predicted molar refractivity (Wildman–Crippen MR) is 131 cm³/mol. The summed E-state index contributed by atoms with van der Waals surface area (Å²) >= 11 is 2.35. The van der Waals surface area contributed by atoms with Crippen molar-refractivity contribution in [2.45, 2.75) is 13.2 Å². The summed E-state index contributed by atoms with van der Waals surface area (Å²) in [5.41, 5.74) is 2.45. The number of nitrogens with zero attached hydrogens (tertiary/aromatic N) is 4. The Hall–Kier alpha value is -3.89. The van der Waals surface area contributed by atoms with Gasteiger partial charge in [0.1, 0.15) is 22.0 Å². The Bertz CT molecular complexity index is 1580. The largest absolute Gasteiger partial charge is 0.457 e. The zero-order chi connectivity index (χ0) is 23.7. The van der Waals surface area contributed by atoms with Gasteiger partial charge in [0.2, 0.25) is 0 Å². The molecule has 0 atom stereocenters. The van der Waals surface area contributed by atoms with E-state index in [0.29, 0.717) is 10.2 Å². The Morgan fingerprint density at radius 1 is 1.03 bits per heavy atom. The molecule has 0 radical (unpaired) electrons. The summed E-state index contributed by atoms with van der Waals surface area (Å²) in [6.07, 6.45) is 0. The number of aryl methyl sites for hydroxylation is 1. The highest BCUT2D eigenvalue weighted by atomic mass is 32.1. The van der Waals surface area contributed by atoms with Gasteiger partial charge >= 0.3 is 11.7 Å². The van der Waals surface area contributed by atoms with Gasteiger partial charge in [0.15, 0.2) is 0 Å². The van der Waals surface area contributed by atoms with E-state index in [1.54, 1.807) is 7.05 Å². The number of aromatic nitrogens is 4. The minimum Gasteiger partial charge on any atom is -0.457 e. The van der Waals surface area contributed by atoms with E-state index in [1.165, 1.54) is 26.7 Å². The van der Waals surface area contributed by atoms with Crippen LogP contribution in [0.4, 0.5) is 0 Å². The van der Waals surface area contributed by atoms with Crippen LogP contribution in [0.3, 0.4) is 0 Å². The second-order valence-electron chi connectivity index (χ2n) is 7.61. The number of hydrogen-bond donors (Lipinski definition) is 0. The molecule has 0 amide bonds. The van der Waals surface area contributed by atoms with Crippen LogP contribution in [-0.4, -0.2) is 24.7 Å². The summed E-state index contributed by atoms with van der Waals surface area (Å²) in [5.74, 6) is -0.532. The van der Waals surface area contributed by atoms with E-state index >= 15 is 0 Å². The average Bonchev–Trinajstić information content (AvgIpc) is 3.56. The number of benzene rings is 2. The summed E-state index contributed by atoms with van der Waals surface area (Å²) in [7, 11) is 1.59. The molecular weight excluding hydrogens is 472 g/mol. The van der Waals surface area contributed by atoms with Crippen molar-refractivity contribution in [2.75, 3.05) is 0 Å². The maximum absolute atomic E-state index is 13.2. The number of rotatable bonds is 6. The van der Waals surface area contributed by atoms with E-state index < -0.39 is 17.2 Å². The molecule has 0 spiro atoms. The Morgan fingerprint density at radius 3 is 2.50 bits per heavy atom. The lowest BCUT2D eigenvalue weighted by Gasteiger charge is -2.09. The SMILES string of the molecule is Cn1c(=O)n(Cc2ccc(-c3csnn3)cc2)c(=O)c2cc(C(=O)OCc3ccccc3)sc21. The quantitative estimate of drug-likeness (QED) is 0.337. The van der Waals surface area contributed by atoms with Gasteiger partial charge in [-0.3, -0.25) is 13.9 Å². The number of esters is 1. The van der Waals surface area contributed by atoms with E-state index in [9.17, 15) is 14.4 Å². The van der Waals surface area contributed by atoms with Gasteiger partial charge in [0.05, 0.1) is 11.9 Å². The van der Waals surface area contributed by atoms with E-state index in [0.717, 1.165) is 33.7 Å². The Kier molecular flexibility index (Phi) is 5.91. The minimum atomic E-state index is -0.532. The first kappa shape index (κ1) is 21.9. The first-order valence-electron chi connectivity index (χ1n) is 10.3. The molecular formula is C24H18N4O4S2. The van der Waals surface area contributed by atoms with Crippen molar-refractivity contribution < 1.29 is 9.53 Å². The molecule has 0 aliphatic rings. The topological polar surface area (TPSA) is 96.1 Å². The van der Waals surface area contributed by atoms with Crippen molar-refractivity contribution in [3.63, 3.8) is 0 Å². The van der Waals surface area contributed by atoms with Crippen molar-refractivity contribution in [3.8, 4) is 11.3 Å². The van der Waals surface area contributed by atoms with Crippen LogP contribution in [0.2, 0.25) is 0 Å².